The molecule has 2 N–H and O–H groups in total. The van der Waals surface area contributed by atoms with Crippen molar-refractivity contribution in [1.29, 1.82) is 0 Å². The molecular weight excluding hydrogens is 262 g/mol. The summed E-state index contributed by atoms with van der Waals surface area (Å²) in [7, 11) is 1.83. The van der Waals surface area contributed by atoms with Crippen LogP contribution in [0.2, 0.25) is 0 Å². The zero-order valence-electron chi connectivity index (χ0n) is 10.8. The highest BCUT2D eigenvalue weighted by Crippen LogP contribution is 2.18. The van der Waals surface area contributed by atoms with E-state index in [2.05, 4.69) is 15.5 Å². The normalized spacial score (nSPS) is 10.6. The van der Waals surface area contributed by atoms with Crippen LogP contribution >= 0.6 is 11.8 Å². The second-order valence-corrected chi connectivity index (χ2v) is 5.01. The third kappa shape index (κ3) is 3.93. The summed E-state index contributed by atoms with van der Waals surface area (Å²) in [5, 5.41) is 12.1. The van der Waals surface area contributed by atoms with Crippen molar-refractivity contribution < 1.29 is 4.74 Å². The van der Waals surface area contributed by atoms with E-state index in [1.807, 2.05) is 31.3 Å². The molecule has 0 fully saturated rings. The van der Waals surface area contributed by atoms with Crippen LogP contribution in [0.25, 0.3) is 0 Å². The molecule has 102 valence electrons. The lowest BCUT2D eigenvalue weighted by molar-refractivity contribution is 0.315. The lowest BCUT2D eigenvalue weighted by Crippen LogP contribution is -2.04. The minimum atomic E-state index is 0.496. The maximum absolute atomic E-state index is 5.73. The minimum Gasteiger partial charge on any atom is -0.493 e. The van der Waals surface area contributed by atoms with E-state index in [1.165, 1.54) is 0 Å². The van der Waals surface area contributed by atoms with E-state index in [0.717, 1.165) is 28.6 Å². The summed E-state index contributed by atoms with van der Waals surface area (Å²) in [4.78, 5) is 0. The number of thioether (sulfide) groups is 1. The van der Waals surface area contributed by atoms with E-state index >= 15 is 0 Å². The highest BCUT2D eigenvalue weighted by Gasteiger charge is 2.03. The maximum Gasteiger partial charge on any atom is 0.209 e. The predicted octanol–water partition coefficient (Wildman–Crippen LogP) is 1.23. The average molecular weight is 279 g/mol. The summed E-state index contributed by atoms with van der Waals surface area (Å²) < 4.78 is 7.39. The number of tetrazole rings is 1. The van der Waals surface area contributed by atoms with Gasteiger partial charge >= 0.3 is 0 Å². The molecule has 0 bridgehead atoms. The van der Waals surface area contributed by atoms with E-state index in [9.17, 15) is 0 Å². The van der Waals surface area contributed by atoms with Gasteiger partial charge in [-0.25, -0.2) is 4.68 Å². The summed E-state index contributed by atoms with van der Waals surface area (Å²) >= 11 is 1.62. The van der Waals surface area contributed by atoms with Crippen molar-refractivity contribution in [1.82, 2.24) is 20.2 Å². The van der Waals surface area contributed by atoms with Crippen LogP contribution in [0.1, 0.15) is 12.0 Å². The van der Waals surface area contributed by atoms with Gasteiger partial charge in [-0.3, -0.25) is 0 Å². The summed E-state index contributed by atoms with van der Waals surface area (Å²) in [5.41, 5.74) is 6.69. The van der Waals surface area contributed by atoms with Crippen LogP contribution in [0.4, 0.5) is 0 Å². The molecule has 0 spiro atoms. The standard InChI is InChI=1S/C12H17N5OS/c1-17-12(14-15-16-17)19-8-4-7-18-11-6-3-2-5-10(11)9-13/h2-3,5-6H,4,7-9,13H2,1H3. The molecule has 1 heterocycles. The van der Waals surface area contributed by atoms with Gasteiger partial charge in [0.15, 0.2) is 0 Å². The van der Waals surface area contributed by atoms with Crippen molar-refractivity contribution in [3.8, 4) is 5.75 Å². The maximum atomic E-state index is 5.73. The molecule has 0 radical (unpaired) electrons. The zero-order chi connectivity index (χ0) is 13.5. The van der Waals surface area contributed by atoms with Gasteiger partial charge < -0.3 is 10.5 Å². The monoisotopic (exact) mass is 279 g/mol. The average Bonchev–Trinajstić information content (AvgIpc) is 2.84. The number of rotatable bonds is 7. The van der Waals surface area contributed by atoms with Crippen molar-refractivity contribution in [2.24, 2.45) is 12.8 Å². The number of nitrogens with zero attached hydrogens (tertiary/aromatic N) is 4. The van der Waals surface area contributed by atoms with Crippen LogP contribution in [0.3, 0.4) is 0 Å². The van der Waals surface area contributed by atoms with E-state index in [4.69, 9.17) is 10.5 Å². The summed E-state index contributed by atoms with van der Waals surface area (Å²) in [5.74, 6) is 1.79. The molecule has 2 aromatic rings. The van der Waals surface area contributed by atoms with Gasteiger partial charge in [0.25, 0.3) is 0 Å². The quantitative estimate of drug-likeness (QED) is 0.606. The molecule has 0 saturated carbocycles. The Labute approximate surface area is 116 Å². The van der Waals surface area contributed by atoms with Crippen molar-refractivity contribution in [2.75, 3.05) is 12.4 Å². The van der Waals surface area contributed by atoms with Crippen LogP contribution in [0.5, 0.6) is 5.75 Å². The van der Waals surface area contributed by atoms with Crippen LogP contribution < -0.4 is 10.5 Å². The lowest BCUT2D eigenvalue weighted by atomic mass is 10.2. The Morgan fingerprint density at radius 1 is 1.37 bits per heavy atom. The topological polar surface area (TPSA) is 78.8 Å². The number of nitrogens with two attached hydrogens (primary N) is 1. The van der Waals surface area contributed by atoms with Gasteiger partial charge in [0.2, 0.25) is 5.16 Å². The summed E-state index contributed by atoms with van der Waals surface area (Å²) in [6.45, 7) is 1.16. The molecule has 0 saturated heterocycles. The highest BCUT2D eigenvalue weighted by molar-refractivity contribution is 7.99. The third-order valence-electron chi connectivity index (χ3n) is 2.55. The molecular formula is C12H17N5OS. The number of aromatic nitrogens is 4. The highest BCUT2D eigenvalue weighted by atomic mass is 32.2. The molecule has 1 aromatic carbocycles. The third-order valence-corrected chi connectivity index (χ3v) is 3.65. The van der Waals surface area contributed by atoms with Crippen LogP contribution in [-0.4, -0.2) is 32.6 Å². The second kappa shape index (κ2) is 7.10. The fourth-order valence-electron chi connectivity index (χ4n) is 1.56. The lowest BCUT2D eigenvalue weighted by Gasteiger charge is -2.09. The molecule has 0 amide bonds. The number of ether oxygens (including phenoxy) is 1. The zero-order valence-corrected chi connectivity index (χ0v) is 11.6. The van der Waals surface area contributed by atoms with Crippen molar-refractivity contribution >= 4 is 11.8 Å². The van der Waals surface area contributed by atoms with Gasteiger partial charge in [-0.2, -0.15) is 0 Å². The van der Waals surface area contributed by atoms with Gasteiger partial charge in [0.1, 0.15) is 5.75 Å². The Morgan fingerprint density at radius 2 is 2.21 bits per heavy atom. The Balaban J connectivity index is 1.71. The number of para-hydroxylation sites is 1. The smallest absolute Gasteiger partial charge is 0.209 e. The van der Waals surface area contributed by atoms with Crippen LogP contribution in [-0.2, 0) is 13.6 Å². The first-order valence-electron chi connectivity index (χ1n) is 6.07. The number of benzene rings is 1. The van der Waals surface area contributed by atoms with E-state index in [0.29, 0.717) is 13.2 Å². The van der Waals surface area contributed by atoms with Gasteiger partial charge in [-0.1, -0.05) is 30.0 Å². The Bertz CT molecular complexity index is 516. The van der Waals surface area contributed by atoms with Gasteiger partial charge in [0, 0.05) is 24.9 Å². The van der Waals surface area contributed by atoms with Gasteiger partial charge in [-0.05, 0) is 22.9 Å². The molecule has 6 nitrogen and oxygen atoms in total. The Morgan fingerprint density at radius 3 is 2.95 bits per heavy atom. The number of hydrogen-bond donors (Lipinski definition) is 1. The van der Waals surface area contributed by atoms with Crippen LogP contribution in [0, 0.1) is 0 Å². The van der Waals surface area contributed by atoms with E-state index in [-0.39, 0.29) is 0 Å². The minimum absolute atomic E-state index is 0.496. The second-order valence-electron chi connectivity index (χ2n) is 3.95. The molecule has 2 rings (SSSR count). The first-order valence-corrected chi connectivity index (χ1v) is 7.05. The summed E-state index contributed by atoms with van der Waals surface area (Å²) in [6.07, 6.45) is 0.927. The van der Waals surface area contributed by atoms with Gasteiger partial charge in [-0.15, -0.1) is 5.10 Å². The predicted molar refractivity (Wildman–Crippen MR) is 74.0 cm³/mol. The van der Waals surface area contributed by atoms with E-state index < -0.39 is 0 Å². The van der Waals surface area contributed by atoms with E-state index in [1.54, 1.807) is 16.4 Å². The molecule has 1 aromatic heterocycles. The fraction of sp³-hybridized carbons (Fsp3) is 0.417. The van der Waals surface area contributed by atoms with Crippen molar-refractivity contribution in [3.05, 3.63) is 29.8 Å². The molecule has 7 heteroatoms. The first-order chi connectivity index (χ1) is 9.31. The number of aryl methyl sites for hydroxylation is 1. The largest absolute Gasteiger partial charge is 0.493 e. The Hall–Kier alpha value is -1.60. The Kier molecular flexibility index (Phi) is 5.17. The molecule has 19 heavy (non-hydrogen) atoms. The van der Waals surface area contributed by atoms with Crippen LogP contribution in [0.15, 0.2) is 29.4 Å². The first kappa shape index (κ1) is 13.8. The van der Waals surface area contributed by atoms with Crippen molar-refractivity contribution in [3.63, 3.8) is 0 Å². The van der Waals surface area contributed by atoms with Gasteiger partial charge in [0.05, 0.1) is 6.61 Å². The fourth-order valence-corrected chi connectivity index (χ4v) is 2.32. The molecule has 0 aliphatic rings. The van der Waals surface area contributed by atoms with Crippen molar-refractivity contribution in [2.45, 2.75) is 18.1 Å². The molecule has 0 atom stereocenters. The number of hydrogen-bond acceptors (Lipinski definition) is 6. The SMILES string of the molecule is Cn1nnnc1SCCCOc1ccccc1CN. The molecule has 0 aliphatic heterocycles. The molecule has 0 aliphatic carbocycles. The molecule has 0 unspecified atom stereocenters. The summed E-state index contributed by atoms with van der Waals surface area (Å²) in [6, 6.07) is 7.84.